The van der Waals surface area contributed by atoms with Crippen LogP contribution in [0.1, 0.15) is 5.69 Å². The lowest BCUT2D eigenvalue weighted by Crippen LogP contribution is -2.38. The third-order valence-electron chi connectivity index (χ3n) is 2.87. The topological polar surface area (TPSA) is 85.3 Å². The Bertz CT molecular complexity index is 660. The fourth-order valence-corrected chi connectivity index (χ4v) is 3.12. The van der Waals surface area contributed by atoms with Gasteiger partial charge in [0.15, 0.2) is 0 Å². The van der Waals surface area contributed by atoms with Crippen LogP contribution in [0.5, 0.6) is 0 Å². The Labute approximate surface area is 138 Å². The number of aliphatic hydroxyl groups excluding tert-OH is 1. The highest BCUT2D eigenvalue weighted by Crippen LogP contribution is 2.34. The molecule has 0 bridgehead atoms. The largest absolute Gasteiger partial charge is 0.465 e. The zero-order chi connectivity index (χ0) is 14.9. The normalized spacial score (nSPS) is 12.6. The van der Waals surface area contributed by atoms with E-state index in [4.69, 9.17) is 28.3 Å². The molecule has 20 heavy (non-hydrogen) atoms. The summed E-state index contributed by atoms with van der Waals surface area (Å²) >= 11 is 14.3. The van der Waals surface area contributed by atoms with E-state index < -0.39 is 12.1 Å². The number of hydrogen-bond acceptors (Lipinski definition) is 2. The second kappa shape index (κ2) is 6.38. The van der Waals surface area contributed by atoms with Crippen molar-refractivity contribution in [1.29, 1.82) is 0 Å². The molecular weight excluding hydrogens is 418 g/mol. The smallest absolute Gasteiger partial charge is 0.404 e. The maximum atomic E-state index is 10.6. The number of benzene rings is 1. The number of aromatic amines is 1. The van der Waals surface area contributed by atoms with Crippen molar-refractivity contribution in [3.63, 3.8) is 0 Å². The van der Waals surface area contributed by atoms with Crippen molar-refractivity contribution in [2.24, 2.45) is 0 Å². The molecule has 0 fully saturated rings. The Hall–Kier alpha value is -0.700. The third kappa shape index (κ3) is 3.13. The van der Waals surface area contributed by atoms with E-state index in [0.29, 0.717) is 22.0 Å². The minimum absolute atomic E-state index is 0.285. The van der Waals surface area contributed by atoms with Crippen molar-refractivity contribution in [2.45, 2.75) is 12.5 Å². The molecule has 1 unspecified atom stereocenters. The summed E-state index contributed by atoms with van der Waals surface area (Å²) < 4.78 is 0.932. The van der Waals surface area contributed by atoms with E-state index >= 15 is 0 Å². The van der Waals surface area contributed by atoms with Crippen LogP contribution in [0.4, 0.5) is 4.79 Å². The van der Waals surface area contributed by atoms with E-state index in [1.807, 2.05) is 6.07 Å². The Kier molecular flexibility index (Phi) is 5.00. The number of carbonyl (C=O) groups is 1. The van der Waals surface area contributed by atoms with Gasteiger partial charge in [-0.15, -0.1) is 0 Å². The first-order chi connectivity index (χ1) is 9.43. The number of hydrogen-bond donors (Lipinski definition) is 4. The molecule has 1 aromatic carbocycles. The van der Waals surface area contributed by atoms with Gasteiger partial charge in [0.1, 0.15) is 0 Å². The van der Waals surface area contributed by atoms with E-state index in [2.05, 4.69) is 32.9 Å². The average molecular weight is 429 g/mol. The minimum atomic E-state index is -1.17. The van der Waals surface area contributed by atoms with Crippen LogP contribution < -0.4 is 5.32 Å². The summed E-state index contributed by atoms with van der Waals surface area (Å²) in [6, 6.07) is 2.98. The predicted octanol–water partition coefficient (Wildman–Crippen LogP) is 3.25. The summed E-state index contributed by atoms with van der Waals surface area (Å²) in [4.78, 5) is 13.8. The van der Waals surface area contributed by atoms with Gasteiger partial charge in [0.2, 0.25) is 0 Å². The van der Waals surface area contributed by atoms with Crippen molar-refractivity contribution >= 4 is 62.8 Å². The first-order valence-corrected chi connectivity index (χ1v) is 7.51. The molecule has 108 valence electrons. The average Bonchev–Trinajstić information content (AvgIpc) is 2.70. The molecule has 0 aliphatic rings. The molecule has 0 saturated heterocycles. The number of aliphatic hydroxyl groups is 1. The van der Waals surface area contributed by atoms with Gasteiger partial charge >= 0.3 is 6.09 Å². The molecule has 0 aliphatic carbocycles. The number of H-pyrrole nitrogens is 1. The number of halogens is 3. The summed E-state index contributed by atoms with van der Waals surface area (Å²) in [5, 5.41) is 22.0. The molecule has 5 nitrogen and oxygen atoms in total. The molecule has 2 aromatic rings. The van der Waals surface area contributed by atoms with Gasteiger partial charge in [-0.3, -0.25) is 0 Å². The monoisotopic (exact) mass is 428 g/mol. The van der Waals surface area contributed by atoms with Gasteiger partial charge in [0, 0.05) is 21.1 Å². The van der Waals surface area contributed by atoms with Gasteiger partial charge in [-0.1, -0.05) is 29.3 Å². The third-order valence-corrected chi connectivity index (χ3v) is 4.91. The number of aromatic nitrogens is 1. The van der Waals surface area contributed by atoms with Gasteiger partial charge in [0.25, 0.3) is 0 Å². The van der Waals surface area contributed by atoms with Crippen molar-refractivity contribution in [3.8, 4) is 0 Å². The van der Waals surface area contributed by atoms with Crippen LogP contribution >= 0.6 is 45.8 Å². The Morgan fingerprint density at radius 1 is 1.45 bits per heavy atom. The summed E-state index contributed by atoms with van der Waals surface area (Å²) in [5.41, 5.74) is 1.52. The lowest BCUT2D eigenvalue weighted by Gasteiger charge is -2.13. The van der Waals surface area contributed by atoms with E-state index in [1.165, 1.54) is 0 Å². The Balaban J connectivity index is 2.37. The quantitative estimate of drug-likeness (QED) is 0.564. The van der Waals surface area contributed by atoms with Crippen LogP contribution in [-0.2, 0) is 6.42 Å². The van der Waals surface area contributed by atoms with Gasteiger partial charge in [0.05, 0.1) is 28.2 Å². The molecule has 1 amide bonds. The first-order valence-electron chi connectivity index (χ1n) is 5.68. The highest BCUT2D eigenvalue weighted by atomic mass is 127. The zero-order valence-corrected chi connectivity index (χ0v) is 13.8. The zero-order valence-electron chi connectivity index (χ0n) is 10.1. The van der Waals surface area contributed by atoms with Crippen LogP contribution in [-0.4, -0.2) is 33.9 Å². The minimum Gasteiger partial charge on any atom is -0.465 e. The molecule has 1 atom stereocenters. The molecule has 0 spiro atoms. The molecule has 1 heterocycles. The van der Waals surface area contributed by atoms with Gasteiger partial charge in [-0.25, -0.2) is 4.79 Å². The number of nitrogens with one attached hydrogen (secondary N) is 2. The molecule has 8 heteroatoms. The number of fused-ring (bicyclic) bond motifs is 1. The Morgan fingerprint density at radius 2 is 2.15 bits per heavy atom. The van der Waals surface area contributed by atoms with Crippen molar-refractivity contribution in [1.82, 2.24) is 10.3 Å². The summed E-state index contributed by atoms with van der Waals surface area (Å²) in [6.45, 7) is -0.285. The fraction of sp³-hybridized carbons (Fsp3) is 0.250. The Morgan fingerprint density at radius 3 is 2.75 bits per heavy atom. The van der Waals surface area contributed by atoms with Crippen LogP contribution in [0.25, 0.3) is 10.9 Å². The van der Waals surface area contributed by atoms with Gasteiger partial charge in [-0.2, -0.15) is 0 Å². The summed E-state index contributed by atoms with van der Waals surface area (Å²) in [7, 11) is 0. The lowest BCUT2D eigenvalue weighted by molar-refractivity contribution is 0.177. The van der Waals surface area contributed by atoms with Crippen molar-refractivity contribution in [2.75, 3.05) is 6.61 Å². The van der Waals surface area contributed by atoms with Crippen LogP contribution in [0.15, 0.2) is 12.1 Å². The molecule has 4 N–H and O–H groups in total. The van der Waals surface area contributed by atoms with E-state index in [9.17, 15) is 9.90 Å². The molecular formula is C12H11Cl2IN2O3. The summed E-state index contributed by atoms with van der Waals surface area (Å²) in [5.74, 6) is 0. The van der Waals surface area contributed by atoms with Gasteiger partial charge in [-0.05, 0) is 28.7 Å². The molecule has 0 aliphatic heterocycles. The van der Waals surface area contributed by atoms with Gasteiger partial charge < -0.3 is 20.5 Å². The first kappa shape index (κ1) is 15.7. The van der Waals surface area contributed by atoms with Crippen LogP contribution in [0.3, 0.4) is 0 Å². The second-order valence-electron chi connectivity index (χ2n) is 4.23. The van der Waals surface area contributed by atoms with Crippen LogP contribution in [0.2, 0.25) is 10.0 Å². The second-order valence-corrected chi connectivity index (χ2v) is 6.10. The summed E-state index contributed by atoms with van der Waals surface area (Å²) in [6.07, 6.45) is -0.833. The lowest BCUT2D eigenvalue weighted by atomic mass is 10.1. The van der Waals surface area contributed by atoms with Crippen molar-refractivity contribution in [3.05, 3.63) is 31.4 Å². The highest BCUT2D eigenvalue weighted by Gasteiger charge is 2.18. The fourth-order valence-electron chi connectivity index (χ4n) is 1.95. The highest BCUT2D eigenvalue weighted by molar-refractivity contribution is 14.1. The van der Waals surface area contributed by atoms with E-state index in [1.54, 1.807) is 6.07 Å². The number of rotatable bonds is 4. The molecule has 2 rings (SSSR count). The molecule has 0 radical (unpaired) electrons. The molecule has 1 aromatic heterocycles. The standard InChI is InChI=1S/C12H11Cl2IN2O3/c13-7-2-1-6-10(15)8(17-11(6)9(7)14)3-5(4-18)16-12(19)20/h1-2,5,16-18H,3-4H2,(H,19,20). The number of carboxylic acid groups (broad SMARTS) is 1. The van der Waals surface area contributed by atoms with Crippen LogP contribution in [0, 0.1) is 3.57 Å². The maximum Gasteiger partial charge on any atom is 0.404 e. The van der Waals surface area contributed by atoms with E-state index in [0.717, 1.165) is 14.7 Å². The number of amides is 1. The van der Waals surface area contributed by atoms with Crippen molar-refractivity contribution < 1.29 is 15.0 Å². The van der Waals surface area contributed by atoms with E-state index in [-0.39, 0.29) is 6.61 Å². The maximum absolute atomic E-state index is 10.6. The SMILES string of the molecule is O=C(O)NC(CO)Cc1[nH]c2c(Cl)c(Cl)ccc2c1I. The molecule has 0 saturated carbocycles. The predicted molar refractivity (Wildman–Crippen MR) is 86.8 cm³/mol.